The molecule has 0 fully saturated rings. The van der Waals surface area contributed by atoms with E-state index in [1.807, 2.05) is 12.1 Å². The van der Waals surface area contributed by atoms with Crippen molar-refractivity contribution in [1.29, 1.82) is 0 Å². The zero-order chi connectivity index (χ0) is 17.5. The van der Waals surface area contributed by atoms with Crippen LogP contribution in [0.4, 0.5) is 11.4 Å². The Labute approximate surface area is 142 Å². The van der Waals surface area contributed by atoms with Crippen molar-refractivity contribution < 1.29 is 19.2 Å². The van der Waals surface area contributed by atoms with E-state index in [-0.39, 0.29) is 24.7 Å². The van der Waals surface area contributed by atoms with E-state index in [9.17, 15) is 14.9 Å². The molecular weight excluding hydrogens is 332 g/mol. The van der Waals surface area contributed by atoms with Gasteiger partial charge in [0.05, 0.1) is 11.5 Å². The number of anilines is 1. The predicted octanol–water partition coefficient (Wildman–Crippen LogP) is 3.27. The minimum atomic E-state index is -0.583. The highest BCUT2D eigenvalue weighted by molar-refractivity contribution is 7.99. The fraction of sp³-hybridized carbons (Fsp3) is 0.188. The Bertz CT molecular complexity index is 751. The average Bonchev–Trinajstić information content (AvgIpc) is 2.53. The molecule has 2 aromatic carbocycles. The van der Waals surface area contributed by atoms with Crippen LogP contribution in [-0.2, 0) is 9.53 Å². The molecule has 0 aromatic heterocycles. The van der Waals surface area contributed by atoms with Gasteiger partial charge in [-0.3, -0.25) is 10.1 Å². The molecule has 8 heteroatoms. The van der Waals surface area contributed by atoms with Gasteiger partial charge in [0.25, 0.3) is 0 Å². The number of hydrogen-bond donors (Lipinski definition) is 1. The number of hydrogen-bond acceptors (Lipinski definition) is 7. The molecule has 24 heavy (non-hydrogen) atoms. The summed E-state index contributed by atoms with van der Waals surface area (Å²) in [5, 5.41) is 11.1. The lowest BCUT2D eigenvalue weighted by Crippen LogP contribution is -2.15. The number of nitrogens with zero attached hydrogens (tertiary/aromatic N) is 1. The van der Waals surface area contributed by atoms with Gasteiger partial charge in [0, 0.05) is 27.6 Å². The van der Waals surface area contributed by atoms with E-state index in [0.29, 0.717) is 5.69 Å². The number of esters is 1. The number of ether oxygens (including phenoxy) is 2. The number of carbonyl (C=O) groups excluding carboxylic acids is 1. The van der Waals surface area contributed by atoms with Crippen molar-refractivity contribution in [2.24, 2.45) is 0 Å². The number of nitrogens with two attached hydrogens (primary N) is 1. The molecule has 0 heterocycles. The minimum absolute atomic E-state index is 0.0157. The molecule has 0 bridgehead atoms. The molecular formula is C16H16N2O5S. The summed E-state index contributed by atoms with van der Waals surface area (Å²) < 4.78 is 10.0. The number of nitro benzene ring substituents is 1. The van der Waals surface area contributed by atoms with Crippen molar-refractivity contribution in [3.63, 3.8) is 0 Å². The Balaban J connectivity index is 2.20. The van der Waals surface area contributed by atoms with Crippen LogP contribution in [0.3, 0.4) is 0 Å². The summed E-state index contributed by atoms with van der Waals surface area (Å²) in [6.07, 6.45) is 0. The van der Waals surface area contributed by atoms with Crippen LogP contribution >= 0.6 is 11.8 Å². The highest BCUT2D eigenvalue weighted by atomic mass is 32.2. The first-order valence-corrected chi connectivity index (χ1v) is 7.91. The van der Waals surface area contributed by atoms with Gasteiger partial charge in [-0.05, 0) is 31.2 Å². The first kappa shape index (κ1) is 17.6. The van der Waals surface area contributed by atoms with Crippen LogP contribution in [0.5, 0.6) is 5.75 Å². The molecule has 0 saturated carbocycles. The van der Waals surface area contributed by atoms with E-state index in [1.165, 1.54) is 23.9 Å². The Morgan fingerprint density at radius 2 is 2.00 bits per heavy atom. The van der Waals surface area contributed by atoms with Crippen molar-refractivity contribution in [2.75, 3.05) is 18.9 Å². The number of benzene rings is 2. The third kappa shape index (κ3) is 4.88. The van der Waals surface area contributed by atoms with Gasteiger partial charge < -0.3 is 15.2 Å². The van der Waals surface area contributed by atoms with Crippen molar-refractivity contribution in [3.8, 4) is 5.75 Å². The summed E-state index contributed by atoms with van der Waals surface area (Å²) >= 11 is 1.38. The first-order chi connectivity index (χ1) is 11.5. The van der Waals surface area contributed by atoms with Crippen LogP contribution in [0.15, 0.2) is 52.3 Å². The standard InChI is InChI=1S/C16H16N2O5S/c1-2-22-16(19)10-23-15-9-13(6-7-14(15)18(20)21)24-12-5-3-4-11(17)8-12/h3-9H,2,10,17H2,1H3. The smallest absolute Gasteiger partial charge is 0.344 e. The summed E-state index contributed by atoms with van der Waals surface area (Å²) in [5.41, 5.74) is 6.15. The second-order valence-electron chi connectivity index (χ2n) is 4.65. The van der Waals surface area contributed by atoms with Crippen LogP contribution in [0.2, 0.25) is 0 Å². The summed E-state index contributed by atoms with van der Waals surface area (Å²) in [6.45, 7) is 1.50. The molecule has 0 aliphatic heterocycles. The fourth-order valence-corrected chi connectivity index (χ4v) is 2.79. The minimum Gasteiger partial charge on any atom is -0.475 e. The van der Waals surface area contributed by atoms with Gasteiger partial charge in [-0.2, -0.15) is 0 Å². The molecule has 0 spiro atoms. The first-order valence-electron chi connectivity index (χ1n) is 7.10. The monoisotopic (exact) mass is 348 g/mol. The SMILES string of the molecule is CCOC(=O)COc1cc(Sc2cccc(N)c2)ccc1[N+](=O)[O-]. The number of carbonyl (C=O) groups is 1. The van der Waals surface area contributed by atoms with Crippen molar-refractivity contribution >= 4 is 29.1 Å². The van der Waals surface area contributed by atoms with Crippen molar-refractivity contribution in [2.45, 2.75) is 16.7 Å². The van der Waals surface area contributed by atoms with Gasteiger partial charge in [0.1, 0.15) is 0 Å². The van der Waals surface area contributed by atoms with Gasteiger partial charge in [-0.1, -0.05) is 17.8 Å². The van der Waals surface area contributed by atoms with E-state index in [1.54, 1.807) is 25.1 Å². The van der Waals surface area contributed by atoms with Crippen LogP contribution in [0.25, 0.3) is 0 Å². The second-order valence-corrected chi connectivity index (χ2v) is 5.80. The number of nitro groups is 1. The van der Waals surface area contributed by atoms with Crippen LogP contribution in [0, 0.1) is 10.1 Å². The lowest BCUT2D eigenvalue weighted by Gasteiger charge is -2.08. The summed E-state index contributed by atoms with van der Waals surface area (Å²) in [7, 11) is 0. The third-order valence-corrected chi connectivity index (χ3v) is 3.85. The Morgan fingerprint density at radius 3 is 2.67 bits per heavy atom. The average molecular weight is 348 g/mol. The fourth-order valence-electron chi connectivity index (χ4n) is 1.88. The largest absolute Gasteiger partial charge is 0.475 e. The molecule has 2 N–H and O–H groups in total. The van der Waals surface area contributed by atoms with Gasteiger partial charge in [0.2, 0.25) is 0 Å². The van der Waals surface area contributed by atoms with E-state index < -0.39 is 10.9 Å². The van der Waals surface area contributed by atoms with E-state index >= 15 is 0 Å². The Kier molecular flexibility index (Phi) is 6.02. The maximum Gasteiger partial charge on any atom is 0.344 e. The van der Waals surface area contributed by atoms with Crippen LogP contribution in [0.1, 0.15) is 6.92 Å². The Morgan fingerprint density at radius 1 is 1.25 bits per heavy atom. The molecule has 2 rings (SSSR count). The van der Waals surface area contributed by atoms with Gasteiger partial charge in [0.15, 0.2) is 12.4 Å². The lowest BCUT2D eigenvalue weighted by molar-refractivity contribution is -0.385. The molecule has 0 saturated heterocycles. The van der Waals surface area contributed by atoms with E-state index in [0.717, 1.165) is 9.79 Å². The van der Waals surface area contributed by atoms with Crippen LogP contribution in [-0.4, -0.2) is 24.1 Å². The van der Waals surface area contributed by atoms with Gasteiger partial charge in [-0.15, -0.1) is 0 Å². The van der Waals surface area contributed by atoms with Crippen molar-refractivity contribution in [1.82, 2.24) is 0 Å². The summed E-state index contributed by atoms with van der Waals surface area (Å²) in [6, 6.07) is 11.7. The van der Waals surface area contributed by atoms with Crippen molar-refractivity contribution in [3.05, 3.63) is 52.6 Å². The normalized spacial score (nSPS) is 10.2. The van der Waals surface area contributed by atoms with E-state index in [4.69, 9.17) is 15.2 Å². The molecule has 0 aliphatic rings. The molecule has 2 aromatic rings. The molecule has 0 unspecified atom stereocenters. The molecule has 7 nitrogen and oxygen atoms in total. The maximum absolute atomic E-state index is 11.4. The van der Waals surface area contributed by atoms with E-state index in [2.05, 4.69) is 0 Å². The Hall–Kier alpha value is -2.74. The highest BCUT2D eigenvalue weighted by Crippen LogP contribution is 2.35. The quantitative estimate of drug-likeness (QED) is 0.354. The second kappa shape index (κ2) is 8.21. The molecule has 0 aliphatic carbocycles. The summed E-state index contributed by atoms with van der Waals surface area (Å²) in [4.78, 5) is 23.5. The molecule has 0 amide bonds. The maximum atomic E-state index is 11.4. The van der Waals surface area contributed by atoms with Gasteiger partial charge >= 0.3 is 11.7 Å². The predicted molar refractivity (Wildman–Crippen MR) is 90.2 cm³/mol. The summed E-state index contributed by atoms with van der Waals surface area (Å²) in [5.74, 6) is -0.567. The molecule has 0 atom stereocenters. The third-order valence-electron chi connectivity index (χ3n) is 2.87. The zero-order valence-electron chi connectivity index (χ0n) is 12.9. The lowest BCUT2D eigenvalue weighted by atomic mass is 10.3. The number of nitrogen functional groups attached to an aromatic ring is 1. The zero-order valence-corrected chi connectivity index (χ0v) is 13.7. The topological polar surface area (TPSA) is 105 Å². The van der Waals surface area contributed by atoms with Crippen LogP contribution < -0.4 is 10.5 Å². The molecule has 126 valence electrons. The molecule has 0 radical (unpaired) electrons. The number of rotatable bonds is 7. The highest BCUT2D eigenvalue weighted by Gasteiger charge is 2.17. The van der Waals surface area contributed by atoms with Gasteiger partial charge in [-0.25, -0.2) is 4.79 Å².